The van der Waals surface area contributed by atoms with Gasteiger partial charge in [-0.2, -0.15) is 0 Å². The number of unbranched alkanes of at least 4 members (excludes halogenated alkanes) is 2. The molecule has 0 fully saturated rings. The van der Waals surface area contributed by atoms with Crippen LogP contribution in [0.1, 0.15) is 60.3 Å². The highest BCUT2D eigenvalue weighted by Gasteiger charge is 2.18. The molecule has 0 spiro atoms. The van der Waals surface area contributed by atoms with Crippen LogP contribution >= 0.6 is 0 Å². The lowest BCUT2D eigenvalue weighted by atomic mass is 9.98. The fourth-order valence-electron chi connectivity index (χ4n) is 0.524. The second kappa shape index (κ2) is 11.9. The molecule has 0 heterocycles. The van der Waals surface area contributed by atoms with E-state index >= 15 is 0 Å². The third-order valence-corrected chi connectivity index (χ3v) is 1.89. The smallest absolute Gasteiger partial charge is 0.308 e. The summed E-state index contributed by atoms with van der Waals surface area (Å²) in [6.07, 6.45) is 4.51. The molecule has 0 radical (unpaired) electrons. The molecule has 0 aliphatic carbocycles. The molecule has 104 valence electrons. The normalized spacial score (nSPS) is 10.6. The SMILES string of the molecule is CC(C)(C)C(=O)O.CCCCOOCCCC. The summed E-state index contributed by atoms with van der Waals surface area (Å²) in [5, 5.41) is 8.25. The third-order valence-electron chi connectivity index (χ3n) is 1.89. The van der Waals surface area contributed by atoms with Gasteiger partial charge in [0.2, 0.25) is 0 Å². The number of aliphatic carboxylic acids is 1. The largest absolute Gasteiger partial charge is 0.481 e. The zero-order chi connectivity index (χ0) is 13.7. The molecule has 0 amide bonds. The van der Waals surface area contributed by atoms with Gasteiger partial charge < -0.3 is 5.11 Å². The summed E-state index contributed by atoms with van der Waals surface area (Å²) < 4.78 is 0. The Labute approximate surface area is 105 Å². The molecular weight excluding hydrogens is 220 g/mol. The molecule has 4 heteroatoms. The van der Waals surface area contributed by atoms with E-state index in [1.54, 1.807) is 20.8 Å². The van der Waals surface area contributed by atoms with Gasteiger partial charge in [0.25, 0.3) is 0 Å². The summed E-state index contributed by atoms with van der Waals surface area (Å²) >= 11 is 0. The maximum Gasteiger partial charge on any atom is 0.308 e. The van der Waals surface area contributed by atoms with Gasteiger partial charge in [-0.25, -0.2) is 9.78 Å². The van der Waals surface area contributed by atoms with Crippen LogP contribution in [-0.2, 0) is 14.6 Å². The van der Waals surface area contributed by atoms with Crippen LogP contribution in [0.2, 0.25) is 0 Å². The van der Waals surface area contributed by atoms with Gasteiger partial charge in [0.05, 0.1) is 18.6 Å². The Balaban J connectivity index is 0. The summed E-state index contributed by atoms with van der Waals surface area (Å²) in [5.74, 6) is -0.757. The minimum Gasteiger partial charge on any atom is -0.481 e. The maximum atomic E-state index is 10.0. The fraction of sp³-hybridized carbons (Fsp3) is 0.923. The monoisotopic (exact) mass is 248 g/mol. The summed E-state index contributed by atoms with van der Waals surface area (Å²) in [6.45, 7) is 10.7. The number of hydrogen-bond donors (Lipinski definition) is 1. The first-order chi connectivity index (χ1) is 7.86. The summed E-state index contributed by atoms with van der Waals surface area (Å²) in [4.78, 5) is 19.8. The van der Waals surface area contributed by atoms with E-state index in [1.807, 2.05) is 0 Å². The van der Waals surface area contributed by atoms with Crippen LogP contribution < -0.4 is 0 Å². The second-order valence-electron chi connectivity index (χ2n) is 4.91. The van der Waals surface area contributed by atoms with Crippen molar-refractivity contribution < 1.29 is 19.7 Å². The first-order valence-corrected chi connectivity index (χ1v) is 6.34. The lowest BCUT2D eigenvalue weighted by Crippen LogP contribution is -2.18. The zero-order valence-corrected chi connectivity index (χ0v) is 11.9. The second-order valence-corrected chi connectivity index (χ2v) is 4.91. The van der Waals surface area contributed by atoms with Crippen LogP contribution in [0.5, 0.6) is 0 Å². The van der Waals surface area contributed by atoms with Crippen LogP contribution in [0.3, 0.4) is 0 Å². The minimum atomic E-state index is -0.757. The number of rotatable bonds is 7. The Kier molecular flexibility index (Phi) is 13.1. The molecule has 1 N–H and O–H groups in total. The Morgan fingerprint density at radius 3 is 1.47 bits per heavy atom. The van der Waals surface area contributed by atoms with Gasteiger partial charge in [0.1, 0.15) is 0 Å². The third kappa shape index (κ3) is 18.0. The van der Waals surface area contributed by atoms with Crippen molar-refractivity contribution in [2.45, 2.75) is 60.3 Å². The van der Waals surface area contributed by atoms with Gasteiger partial charge in [-0.05, 0) is 33.6 Å². The van der Waals surface area contributed by atoms with Crippen LogP contribution in [0.25, 0.3) is 0 Å². The highest BCUT2D eigenvalue weighted by Crippen LogP contribution is 2.11. The molecule has 0 aromatic heterocycles. The molecule has 17 heavy (non-hydrogen) atoms. The van der Waals surface area contributed by atoms with E-state index in [0.717, 1.165) is 38.9 Å². The molecule has 0 atom stereocenters. The lowest BCUT2D eigenvalue weighted by Gasteiger charge is -2.08. The van der Waals surface area contributed by atoms with Crippen molar-refractivity contribution in [2.75, 3.05) is 13.2 Å². The molecule has 0 aliphatic heterocycles. The molecular formula is C13H28O4. The first kappa shape index (κ1) is 18.7. The molecule has 0 aromatic rings. The standard InChI is InChI=1S/C8H18O2.C5H10O2/c1-3-5-7-9-10-8-6-4-2;1-5(2,3)4(6)7/h3-8H2,1-2H3;1-3H3,(H,6,7). The summed E-state index contributed by atoms with van der Waals surface area (Å²) in [6, 6.07) is 0. The maximum absolute atomic E-state index is 10.0. The number of carboxylic acid groups (broad SMARTS) is 1. The Hall–Kier alpha value is -0.610. The van der Waals surface area contributed by atoms with E-state index in [0.29, 0.717) is 0 Å². The van der Waals surface area contributed by atoms with Crippen LogP contribution in [-0.4, -0.2) is 24.3 Å². The van der Waals surface area contributed by atoms with Crippen LogP contribution in [0.4, 0.5) is 0 Å². The van der Waals surface area contributed by atoms with E-state index in [4.69, 9.17) is 14.9 Å². The van der Waals surface area contributed by atoms with Crippen LogP contribution in [0, 0.1) is 5.41 Å². The summed E-state index contributed by atoms with van der Waals surface area (Å²) in [7, 11) is 0. The molecule has 0 bridgehead atoms. The van der Waals surface area contributed by atoms with E-state index in [1.165, 1.54) is 0 Å². The molecule has 4 nitrogen and oxygen atoms in total. The first-order valence-electron chi connectivity index (χ1n) is 6.34. The lowest BCUT2D eigenvalue weighted by molar-refractivity contribution is -0.295. The molecule has 0 saturated heterocycles. The van der Waals surface area contributed by atoms with E-state index in [-0.39, 0.29) is 0 Å². The van der Waals surface area contributed by atoms with E-state index in [9.17, 15) is 4.79 Å². The van der Waals surface area contributed by atoms with Crippen molar-refractivity contribution in [3.8, 4) is 0 Å². The number of hydrogen-bond acceptors (Lipinski definition) is 3. The molecule has 0 aromatic carbocycles. The van der Waals surface area contributed by atoms with Crippen molar-refractivity contribution in [3.63, 3.8) is 0 Å². The van der Waals surface area contributed by atoms with Gasteiger partial charge in [0, 0.05) is 0 Å². The Bertz CT molecular complexity index is 165. The predicted octanol–water partition coefficient (Wildman–Crippen LogP) is 3.65. The van der Waals surface area contributed by atoms with Crippen LogP contribution in [0.15, 0.2) is 0 Å². The zero-order valence-electron chi connectivity index (χ0n) is 11.9. The average molecular weight is 248 g/mol. The fourth-order valence-corrected chi connectivity index (χ4v) is 0.524. The van der Waals surface area contributed by atoms with Crippen molar-refractivity contribution in [2.24, 2.45) is 5.41 Å². The molecule has 0 saturated carbocycles. The van der Waals surface area contributed by atoms with Crippen molar-refractivity contribution in [1.29, 1.82) is 0 Å². The highest BCUT2D eigenvalue weighted by atomic mass is 17.2. The topological polar surface area (TPSA) is 55.8 Å². The van der Waals surface area contributed by atoms with Gasteiger partial charge in [-0.15, -0.1) is 0 Å². The van der Waals surface area contributed by atoms with Gasteiger partial charge in [-0.1, -0.05) is 26.7 Å². The predicted molar refractivity (Wildman–Crippen MR) is 68.8 cm³/mol. The number of carbonyl (C=O) groups is 1. The van der Waals surface area contributed by atoms with Gasteiger partial charge in [0.15, 0.2) is 0 Å². The van der Waals surface area contributed by atoms with Crippen molar-refractivity contribution in [1.82, 2.24) is 0 Å². The van der Waals surface area contributed by atoms with Crippen molar-refractivity contribution >= 4 is 5.97 Å². The highest BCUT2D eigenvalue weighted by molar-refractivity contribution is 5.72. The van der Waals surface area contributed by atoms with Gasteiger partial charge in [-0.3, -0.25) is 4.79 Å². The molecule has 0 unspecified atom stereocenters. The number of carboxylic acids is 1. The van der Waals surface area contributed by atoms with E-state index in [2.05, 4.69) is 13.8 Å². The molecule has 0 aliphatic rings. The van der Waals surface area contributed by atoms with E-state index < -0.39 is 11.4 Å². The Morgan fingerprint density at radius 2 is 1.29 bits per heavy atom. The quantitative estimate of drug-likeness (QED) is 0.424. The molecule has 0 rings (SSSR count). The minimum absolute atomic E-state index is 0.583. The Morgan fingerprint density at radius 1 is 1.00 bits per heavy atom. The van der Waals surface area contributed by atoms with Gasteiger partial charge >= 0.3 is 5.97 Å². The average Bonchev–Trinajstić information content (AvgIpc) is 2.23. The van der Waals surface area contributed by atoms with Crippen molar-refractivity contribution in [3.05, 3.63) is 0 Å². The summed E-state index contributed by atoms with van der Waals surface area (Å²) in [5.41, 5.74) is -0.583.